The van der Waals surface area contributed by atoms with Gasteiger partial charge in [0, 0.05) is 20.6 Å². The fraction of sp³-hybridized carbons (Fsp3) is 0.611. The molecule has 0 aliphatic carbocycles. The highest BCUT2D eigenvalue weighted by Gasteiger charge is 2.27. The van der Waals surface area contributed by atoms with Crippen LogP contribution in [0.4, 0.5) is 10.1 Å². The minimum absolute atomic E-state index is 0.244. The van der Waals surface area contributed by atoms with Gasteiger partial charge in [-0.05, 0) is 63.2 Å². The van der Waals surface area contributed by atoms with Crippen LogP contribution in [-0.2, 0) is 15.0 Å². The van der Waals surface area contributed by atoms with Crippen LogP contribution in [0.25, 0.3) is 0 Å². The van der Waals surface area contributed by atoms with Crippen LogP contribution in [0.1, 0.15) is 25.7 Å². The standard InChI is InChI=1S/C18H29FN4O3S/c1-21(2)27(25,26)23(17-9-7-16(19)8-10-17)15-18(24)20-11-6-14-22-12-4-3-5-13-22/h7-10H,3-6,11-15H2,1-2H3,(H,20,24). The van der Waals surface area contributed by atoms with Crippen molar-refractivity contribution in [2.45, 2.75) is 25.7 Å². The lowest BCUT2D eigenvalue weighted by atomic mass is 10.1. The monoisotopic (exact) mass is 400 g/mol. The first-order valence-corrected chi connectivity index (χ1v) is 10.6. The van der Waals surface area contributed by atoms with E-state index in [1.165, 1.54) is 57.6 Å². The molecule has 1 aromatic carbocycles. The first kappa shape index (κ1) is 21.6. The van der Waals surface area contributed by atoms with Gasteiger partial charge in [-0.3, -0.25) is 4.79 Å². The van der Waals surface area contributed by atoms with Crippen molar-refractivity contribution in [3.63, 3.8) is 0 Å². The molecule has 1 aromatic rings. The molecule has 7 nitrogen and oxygen atoms in total. The van der Waals surface area contributed by atoms with E-state index in [0.717, 1.165) is 34.7 Å². The summed E-state index contributed by atoms with van der Waals surface area (Å²) in [5.41, 5.74) is 0.244. The lowest BCUT2D eigenvalue weighted by molar-refractivity contribution is -0.119. The molecule has 1 heterocycles. The predicted molar refractivity (Wildman–Crippen MR) is 104 cm³/mol. The minimum Gasteiger partial charge on any atom is -0.354 e. The molecule has 2 rings (SSSR count). The number of amides is 1. The summed E-state index contributed by atoms with van der Waals surface area (Å²) in [5, 5.41) is 2.78. The summed E-state index contributed by atoms with van der Waals surface area (Å²) in [6, 6.07) is 5.04. The molecule has 0 bridgehead atoms. The van der Waals surface area contributed by atoms with Crippen LogP contribution in [0.15, 0.2) is 24.3 Å². The van der Waals surface area contributed by atoms with Gasteiger partial charge in [0.2, 0.25) is 5.91 Å². The van der Waals surface area contributed by atoms with Gasteiger partial charge in [-0.2, -0.15) is 12.7 Å². The third kappa shape index (κ3) is 6.44. The fourth-order valence-corrected chi connectivity index (χ4v) is 4.07. The van der Waals surface area contributed by atoms with Crippen molar-refractivity contribution in [3.8, 4) is 0 Å². The zero-order chi connectivity index (χ0) is 19.9. The van der Waals surface area contributed by atoms with Crippen LogP contribution in [0.5, 0.6) is 0 Å². The van der Waals surface area contributed by atoms with Crippen LogP contribution in [0.2, 0.25) is 0 Å². The molecule has 1 saturated heterocycles. The number of hydrogen-bond donors (Lipinski definition) is 1. The molecule has 0 spiro atoms. The van der Waals surface area contributed by atoms with E-state index >= 15 is 0 Å². The Balaban J connectivity index is 1.91. The van der Waals surface area contributed by atoms with Crippen molar-refractivity contribution in [2.75, 3.05) is 51.1 Å². The molecule has 1 fully saturated rings. The maximum absolute atomic E-state index is 13.2. The number of benzene rings is 1. The number of rotatable bonds is 9. The Labute approximate surface area is 161 Å². The van der Waals surface area contributed by atoms with Gasteiger partial charge in [0.15, 0.2) is 0 Å². The van der Waals surface area contributed by atoms with E-state index in [1.807, 2.05) is 0 Å². The second-order valence-electron chi connectivity index (χ2n) is 6.88. The van der Waals surface area contributed by atoms with Gasteiger partial charge in [-0.25, -0.2) is 8.70 Å². The molecule has 0 atom stereocenters. The van der Waals surface area contributed by atoms with E-state index in [2.05, 4.69) is 10.2 Å². The number of nitrogens with one attached hydrogen (secondary N) is 1. The van der Waals surface area contributed by atoms with Gasteiger partial charge in [0.1, 0.15) is 12.4 Å². The fourth-order valence-electron chi connectivity index (χ4n) is 3.01. The summed E-state index contributed by atoms with van der Waals surface area (Å²) in [4.78, 5) is 14.7. The molecular formula is C18H29FN4O3S. The molecule has 0 aromatic heterocycles. The van der Waals surface area contributed by atoms with Crippen LogP contribution >= 0.6 is 0 Å². The quantitative estimate of drug-likeness (QED) is 0.637. The maximum Gasteiger partial charge on any atom is 0.304 e. The Hall–Kier alpha value is -1.71. The number of piperidine rings is 1. The SMILES string of the molecule is CN(C)S(=O)(=O)N(CC(=O)NCCCN1CCCCC1)c1ccc(F)cc1. The molecule has 1 N–H and O–H groups in total. The number of halogens is 1. The van der Waals surface area contributed by atoms with E-state index < -0.39 is 16.0 Å². The molecule has 0 unspecified atom stereocenters. The van der Waals surface area contributed by atoms with E-state index in [-0.39, 0.29) is 18.1 Å². The van der Waals surface area contributed by atoms with Crippen LogP contribution in [0.3, 0.4) is 0 Å². The molecule has 27 heavy (non-hydrogen) atoms. The number of anilines is 1. The molecular weight excluding hydrogens is 371 g/mol. The average Bonchev–Trinajstić information content (AvgIpc) is 2.65. The van der Waals surface area contributed by atoms with Gasteiger partial charge in [-0.15, -0.1) is 0 Å². The lowest BCUT2D eigenvalue weighted by Crippen LogP contribution is -2.46. The zero-order valence-electron chi connectivity index (χ0n) is 16.0. The minimum atomic E-state index is -3.87. The normalized spacial score (nSPS) is 15.7. The maximum atomic E-state index is 13.2. The smallest absolute Gasteiger partial charge is 0.304 e. The van der Waals surface area contributed by atoms with Crippen molar-refractivity contribution < 1.29 is 17.6 Å². The van der Waals surface area contributed by atoms with Gasteiger partial charge in [0.05, 0.1) is 5.69 Å². The number of carbonyl (C=O) groups excluding carboxylic acids is 1. The van der Waals surface area contributed by atoms with Crippen LogP contribution in [-0.4, -0.2) is 70.3 Å². The van der Waals surface area contributed by atoms with Gasteiger partial charge in [0.25, 0.3) is 0 Å². The summed E-state index contributed by atoms with van der Waals surface area (Å²) >= 11 is 0. The Kier molecular flexibility index (Phi) is 8.00. The van der Waals surface area contributed by atoms with Gasteiger partial charge < -0.3 is 10.2 Å². The summed E-state index contributed by atoms with van der Waals surface area (Å²) in [5.74, 6) is -0.855. The average molecular weight is 401 g/mol. The zero-order valence-corrected chi connectivity index (χ0v) is 16.8. The highest BCUT2D eigenvalue weighted by Crippen LogP contribution is 2.19. The summed E-state index contributed by atoms with van der Waals surface area (Å²) in [6.07, 6.45) is 4.55. The second-order valence-corrected chi connectivity index (χ2v) is 8.95. The molecule has 1 aliphatic rings. The van der Waals surface area contributed by atoms with Gasteiger partial charge >= 0.3 is 10.2 Å². The Morgan fingerprint density at radius 3 is 2.37 bits per heavy atom. The van der Waals surface area contributed by atoms with Crippen molar-refractivity contribution in [1.29, 1.82) is 0 Å². The lowest BCUT2D eigenvalue weighted by Gasteiger charge is -2.27. The largest absolute Gasteiger partial charge is 0.354 e. The number of hydrogen-bond acceptors (Lipinski definition) is 4. The Bertz CT molecular complexity index is 704. The molecule has 152 valence electrons. The van der Waals surface area contributed by atoms with Crippen LogP contribution in [0, 0.1) is 5.82 Å². The van der Waals surface area contributed by atoms with E-state index in [1.54, 1.807) is 0 Å². The molecule has 9 heteroatoms. The molecule has 1 aliphatic heterocycles. The van der Waals surface area contributed by atoms with E-state index in [4.69, 9.17) is 0 Å². The van der Waals surface area contributed by atoms with Crippen LogP contribution < -0.4 is 9.62 Å². The second kappa shape index (κ2) is 10.0. The number of nitrogens with zero attached hydrogens (tertiary/aromatic N) is 3. The highest BCUT2D eigenvalue weighted by atomic mass is 32.2. The molecule has 1 amide bonds. The number of carbonyl (C=O) groups is 1. The Morgan fingerprint density at radius 2 is 1.78 bits per heavy atom. The first-order valence-electron chi connectivity index (χ1n) is 9.25. The number of likely N-dealkylation sites (tertiary alicyclic amines) is 1. The van der Waals surface area contributed by atoms with E-state index in [0.29, 0.717) is 6.54 Å². The van der Waals surface area contributed by atoms with Gasteiger partial charge in [-0.1, -0.05) is 6.42 Å². The molecule has 0 radical (unpaired) electrons. The highest BCUT2D eigenvalue weighted by molar-refractivity contribution is 7.90. The van der Waals surface area contributed by atoms with Crippen molar-refractivity contribution in [3.05, 3.63) is 30.1 Å². The van der Waals surface area contributed by atoms with Crippen molar-refractivity contribution in [2.24, 2.45) is 0 Å². The van der Waals surface area contributed by atoms with Crippen molar-refractivity contribution in [1.82, 2.24) is 14.5 Å². The predicted octanol–water partition coefficient (Wildman–Crippen LogP) is 1.43. The van der Waals surface area contributed by atoms with E-state index in [9.17, 15) is 17.6 Å². The third-order valence-corrected chi connectivity index (χ3v) is 6.38. The summed E-state index contributed by atoms with van der Waals surface area (Å²) in [6.45, 7) is 3.28. The summed E-state index contributed by atoms with van der Waals surface area (Å²) in [7, 11) is -1.09. The third-order valence-electron chi connectivity index (χ3n) is 4.56. The molecule has 0 saturated carbocycles. The Morgan fingerprint density at radius 1 is 1.15 bits per heavy atom. The topological polar surface area (TPSA) is 73.0 Å². The summed E-state index contributed by atoms with van der Waals surface area (Å²) < 4.78 is 40.3. The van der Waals surface area contributed by atoms with Crippen molar-refractivity contribution >= 4 is 21.8 Å². The first-order chi connectivity index (χ1) is 12.8.